The lowest BCUT2D eigenvalue weighted by Gasteiger charge is -2.11. The lowest BCUT2D eigenvalue weighted by molar-refractivity contribution is -0.172. The van der Waals surface area contributed by atoms with Crippen LogP contribution in [-0.4, -0.2) is 27.8 Å². The predicted octanol–water partition coefficient (Wildman–Crippen LogP) is 3.34. The van der Waals surface area contributed by atoms with Crippen LogP contribution in [0.25, 0.3) is 10.6 Å². The second-order valence-electron chi connectivity index (χ2n) is 4.60. The van der Waals surface area contributed by atoms with Crippen molar-refractivity contribution in [1.29, 1.82) is 0 Å². The van der Waals surface area contributed by atoms with E-state index in [-0.39, 0.29) is 18.5 Å². The number of benzene rings is 1. The Morgan fingerprint density at radius 3 is 2.61 bits per heavy atom. The van der Waals surface area contributed by atoms with Crippen LogP contribution in [0.3, 0.4) is 0 Å². The molecule has 0 saturated carbocycles. The summed E-state index contributed by atoms with van der Waals surface area (Å²) >= 11 is 13.2. The molecule has 6 nitrogen and oxygen atoms in total. The van der Waals surface area contributed by atoms with E-state index in [9.17, 15) is 14.4 Å². The van der Waals surface area contributed by atoms with Crippen molar-refractivity contribution in [2.75, 3.05) is 0 Å². The maximum Gasteiger partial charge on any atom is 0.382 e. The number of amides is 2. The fourth-order valence-corrected chi connectivity index (χ4v) is 3.21. The normalized spacial score (nSPS) is 14.4. The molecule has 0 bridgehead atoms. The third kappa shape index (κ3) is 3.08. The first-order valence-electron chi connectivity index (χ1n) is 6.45. The van der Waals surface area contributed by atoms with Gasteiger partial charge in [-0.05, 0) is 6.07 Å². The van der Waals surface area contributed by atoms with Gasteiger partial charge in [0, 0.05) is 23.8 Å². The van der Waals surface area contributed by atoms with Crippen LogP contribution < -0.4 is 0 Å². The van der Waals surface area contributed by atoms with Crippen LogP contribution in [0.1, 0.15) is 23.3 Å². The number of nitrogens with zero attached hydrogens (tertiary/aromatic N) is 2. The summed E-state index contributed by atoms with van der Waals surface area (Å²) in [6.07, 6.45) is 0.0686. The Hall–Kier alpha value is -1.96. The van der Waals surface area contributed by atoms with E-state index in [1.54, 1.807) is 18.2 Å². The second-order valence-corrected chi connectivity index (χ2v) is 6.24. The molecule has 23 heavy (non-hydrogen) atoms. The Bertz CT molecular complexity index is 805. The number of aromatic nitrogens is 1. The molecule has 2 heterocycles. The van der Waals surface area contributed by atoms with Gasteiger partial charge in [0.2, 0.25) is 0 Å². The van der Waals surface area contributed by atoms with Crippen molar-refractivity contribution in [3.05, 3.63) is 39.3 Å². The number of imide groups is 1. The van der Waals surface area contributed by atoms with Gasteiger partial charge < -0.3 is 4.84 Å². The Balaban J connectivity index is 1.81. The monoisotopic (exact) mass is 370 g/mol. The first kappa shape index (κ1) is 15.9. The Kier molecular flexibility index (Phi) is 4.34. The number of thiazole rings is 1. The topological polar surface area (TPSA) is 76.6 Å². The van der Waals surface area contributed by atoms with Gasteiger partial charge in [-0.25, -0.2) is 9.78 Å². The van der Waals surface area contributed by atoms with Crippen LogP contribution in [0.5, 0.6) is 0 Å². The fraction of sp³-hybridized carbons (Fsp3) is 0.143. The summed E-state index contributed by atoms with van der Waals surface area (Å²) in [5.74, 6) is -1.97. The van der Waals surface area contributed by atoms with Crippen molar-refractivity contribution in [2.45, 2.75) is 12.8 Å². The summed E-state index contributed by atoms with van der Waals surface area (Å²) in [7, 11) is 0. The van der Waals surface area contributed by atoms with Crippen molar-refractivity contribution in [1.82, 2.24) is 10.0 Å². The zero-order valence-electron chi connectivity index (χ0n) is 11.4. The lowest BCUT2D eigenvalue weighted by atomic mass is 10.2. The molecule has 1 aliphatic heterocycles. The van der Waals surface area contributed by atoms with Gasteiger partial charge in [0.05, 0.1) is 10.0 Å². The molecule has 118 valence electrons. The highest BCUT2D eigenvalue weighted by molar-refractivity contribution is 7.13. The van der Waals surface area contributed by atoms with Crippen LogP contribution in [0.15, 0.2) is 23.6 Å². The highest BCUT2D eigenvalue weighted by Gasteiger charge is 2.33. The molecule has 0 unspecified atom stereocenters. The average molecular weight is 371 g/mol. The minimum atomic E-state index is -0.880. The first-order chi connectivity index (χ1) is 11.0. The van der Waals surface area contributed by atoms with Crippen molar-refractivity contribution in [3.8, 4) is 10.6 Å². The molecule has 2 aromatic rings. The van der Waals surface area contributed by atoms with Gasteiger partial charge in [0.1, 0.15) is 5.01 Å². The maximum absolute atomic E-state index is 12.0. The van der Waals surface area contributed by atoms with Crippen LogP contribution in [0, 0.1) is 0 Å². The molecule has 9 heteroatoms. The number of hydroxylamine groups is 2. The number of hydrogen-bond donors (Lipinski definition) is 0. The largest absolute Gasteiger partial charge is 0.382 e. The zero-order chi connectivity index (χ0) is 16.6. The van der Waals surface area contributed by atoms with E-state index < -0.39 is 17.8 Å². The summed E-state index contributed by atoms with van der Waals surface area (Å²) in [4.78, 5) is 43.8. The van der Waals surface area contributed by atoms with E-state index >= 15 is 0 Å². The number of rotatable bonds is 3. The summed E-state index contributed by atoms with van der Waals surface area (Å²) in [6, 6.07) is 5.07. The van der Waals surface area contributed by atoms with Gasteiger partial charge in [-0.2, -0.15) is 0 Å². The molecule has 0 N–H and O–H groups in total. The highest BCUT2D eigenvalue weighted by Crippen LogP contribution is 2.35. The van der Waals surface area contributed by atoms with Gasteiger partial charge in [-0.3, -0.25) is 9.59 Å². The third-order valence-corrected chi connectivity index (χ3v) is 4.77. The van der Waals surface area contributed by atoms with Gasteiger partial charge >= 0.3 is 5.97 Å². The Morgan fingerprint density at radius 2 is 1.91 bits per heavy atom. The first-order valence-corrected chi connectivity index (χ1v) is 8.09. The Labute approximate surface area is 144 Å². The molecule has 0 radical (unpaired) electrons. The lowest BCUT2D eigenvalue weighted by Crippen LogP contribution is -2.32. The predicted molar refractivity (Wildman–Crippen MR) is 84.1 cm³/mol. The molecule has 0 spiro atoms. The van der Waals surface area contributed by atoms with E-state index in [1.165, 1.54) is 16.7 Å². The number of carbonyl (C=O) groups excluding carboxylic acids is 3. The van der Waals surface area contributed by atoms with E-state index in [4.69, 9.17) is 28.0 Å². The minimum absolute atomic E-state index is 0.0199. The molecule has 1 aromatic heterocycles. The van der Waals surface area contributed by atoms with Gasteiger partial charge in [-0.1, -0.05) is 35.3 Å². The van der Waals surface area contributed by atoms with Crippen molar-refractivity contribution < 1.29 is 19.2 Å². The standard InChI is InChI=1S/C14H8Cl2N2O4S/c15-8-3-1-2-7(12(8)16)13-17-9(6-23-13)14(21)22-18-10(19)4-5-11(18)20/h1-3,6H,4-5H2. The SMILES string of the molecule is O=C(ON1C(=O)CCC1=O)c1csc(-c2cccc(Cl)c2Cl)n1. The summed E-state index contributed by atoms with van der Waals surface area (Å²) in [5.41, 5.74) is 0.560. The number of carbonyl (C=O) groups is 3. The highest BCUT2D eigenvalue weighted by atomic mass is 35.5. The average Bonchev–Trinajstić information content (AvgIpc) is 3.12. The van der Waals surface area contributed by atoms with E-state index in [0.717, 1.165) is 0 Å². The van der Waals surface area contributed by atoms with Crippen molar-refractivity contribution >= 4 is 52.3 Å². The van der Waals surface area contributed by atoms with Gasteiger partial charge in [0.15, 0.2) is 5.69 Å². The number of hydrogen-bond acceptors (Lipinski definition) is 6. The third-order valence-electron chi connectivity index (χ3n) is 3.08. The Morgan fingerprint density at radius 1 is 1.22 bits per heavy atom. The van der Waals surface area contributed by atoms with Crippen molar-refractivity contribution in [3.63, 3.8) is 0 Å². The van der Waals surface area contributed by atoms with Gasteiger partial charge in [0.25, 0.3) is 11.8 Å². The molecule has 1 aromatic carbocycles. The second kappa shape index (κ2) is 6.27. The molecule has 0 atom stereocenters. The van der Waals surface area contributed by atoms with E-state index in [2.05, 4.69) is 4.98 Å². The van der Waals surface area contributed by atoms with Crippen molar-refractivity contribution in [2.24, 2.45) is 0 Å². The molecular weight excluding hydrogens is 363 g/mol. The fourth-order valence-electron chi connectivity index (χ4n) is 1.95. The van der Waals surface area contributed by atoms with Crippen LogP contribution >= 0.6 is 34.5 Å². The smallest absolute Gasteiger partial charge is 0.323 e. The quantitative estimate of drug-likeness (QED) is 0.774. The summed E-state index contributed by atoms with van der Waals surface area (Å²) < 4.78 is 0. The van der Waals surface area contributed by atoms with E-state index in [0.29, 0.717) is 25.7 Å². The summed E-state index contributed by atoms with van der Waals surface area (Å²) in [6.45, 7) is 0. The number of halogens is 2. The van der Waals surface area contributed by atoms with Gasteiger partial charge in [-0.15, -0.1) is 16.4 Å². The minimum Gasteiger partial charge on any atom is -0.323 e. The maximum atomic E-state index is 12.0. The van der Waals surface area contributed by atoms with Crippen LogP contribution in [0.4, 0.5) is 0 Å². The van der Waals surface area contributed by atoms with Crippen LogP contribution in [-0.2, 0) is 14.4 Å². The molecule has 2 amide bonds. The molecule has 1 fully saturated rings. The molecule has 1 aliphatic rings. The van der Waals surface area contributed by atoms with Crippen LogP contribution in [0.2, 0.25) is 10.0 Å². The molecular formula is C14H8Cl2N2O4S. The molecule has 3 rings (SSSR count). The summed E-state index contributed by atoms with van der Waals surface area (Å²) in [5, 5.41) is 3.11. The molecule has 0 aliphatic carbocycles. The zero-order valence-corrected chi connectivity index (χ0v) is 13.7. The van der Waals surface area contributed by atoms with E-state index in [1.807, 2.05) is 0 Å². The molecule has 1 saturated heterocycles.